The van der Waals surface area contributed by atoms with E-state index in [9.17, 15) is 61.0 Å². The zero-order valence-corrected chi connectivity index (χ0v) is 43.9. The van der Waals surface area contributed by atoms with Crippen molar-refractivity contribution in [3.05, 3.63) is 0 Å². The summed E-state index contributed by atoms with van der Waals surface area (Å²) in [6, 6.07) is -0.877. The quantitative estimate of drug-likeness (QED) is 0.0389. The highest BCUT2D eigenvalue weighted by atomic mass is 16.8. The number of unbranched alkanes of at least 4 members (excludes halogenated alkanes) is 25. The molecule has 3 heterocycles. The normalized spacial score (nSPS) is 31.9. The molecule has 17 atom stereocenters. The van der Waals surface area contributed by atoms with Gasteiger partial charge in [-0.3, -0.25) is 4.79 Å². The molecular formula is C53H101NO18. The van der Waals surface area contributed by atoms with Gasteiger partial charge in [0, 0.05) is 6.42 Å². The lowest BCUT2D eigenvalue weighted by atomic mass is 9.96. The van der Waals surface area contributed by atoms with Crippen LogP contribution in [0.2, 0.25) is 0 Å². The lowest BCUT2D eigenvalue weighted by Crippen LogP contribution is -2.66. The number of hydrogen-bond donors (Lipinski definition) is 12. The van der Waals surface area contributed by atoms with Crippen molar-refractivity contribution < 1.29 is 89.4 Å². The van der Waals surface area contributed by atoms with Crippen LogP contribution in [0.4, 0.5) is 0 Å². The Morgan fingerprint density at radius 1 is 0.444 bits per heavy atom. The highest BCUT2D eigenvalue weighted by Gasteiger charge is 2.53. The second kappa shape index (κ2) is 38.4. The summed E-state index contributed by atoms with van der Waals surface area (Å²) in [5, 5.41) is 120. The fraction of sp³-hybridized carbons (Fsp3) is 0.981. The summed E-state index contributed by atoms with van der Waals surface area (Å²) in [4.78, 5) is 13.2. The molecule has 0 radical (unpaired) electrons. The van der Waals surface area contributed by atoms with Crippen LogP contribution < -0.4 is 5.32 Å². The predicted octanol–water partition coefficient (Wildman–Crippen LogP) is 3.65. The summed E-state index contributed by atoms with van der Waals surface area (Å²) in [5.41, 5.74) is 0. The molecule has 17 unspecified atom stereocenters. The van der Waals surface area contributed by atoms with Crippen molar-refractivity contribution in [1.29, 1.82) is 0 Å². The number of rotatable bonds is 41. The summed E-state index contributed by atoms with van der Waals surface area (Å²) < 4.78 is 34.2. The van der Waals surface area contributed by atoms with E-state index in [4.69, 9.17) is 28.4 Å². The molecule has 19 heteroatoms. The van der Waals surface area contributed by atoms with Gasteiger partial charge in [0.1, 0.15) is 73.2 Å². The minimum absolute atomic E-state index is 0.248. The molecule has 3 aliphatic rings. The van der Waals surface area contributed by atoms with E-state index in [0.717, 1.165) is 57.8 Å². The molecule has 3 aliphatic heterocycles. The van der Waals surface area contributed by atoms with Crippen LogP contribution in [0.3, 0.4) is 0 Å². The Hall–Kier alpha value is -1.21. The molecule has 3 fully saturated rings. The molecule has 1 amide bonds. The highest BCUT2D eigenvalue weighted by Crippen LogP contribution is 2.33. The third-order valence-corrected chi connectivity index (χ3v) is 14.7. The van der Waals surface area contributed by atoms with Gasteiger partial charge < -0.3 is 89.9 Å². The molecule has 72 heavy (non-hydrogen) atoms. The van der Waals surface area contributed by atoms with E-state index in [0.29, 0.717) is 12.8 Å². The van der Waals surface area contributed by atoms with E-state index in [2.05, 4.69) is 19.2 Å². The van der Waals surface area contributed by atoms with Gasteiger partial charge in [0.2, 0.25) is 5.91 Å². The Kier molecular flexibility index (Phi) is 34.7. The molecule has 0 spiro atoms. The third-order valence-electron chi connectivity index (χ3n) is 14.7. The molecule has 3 rings (SSSR count). The van der Waals surface area contributed by atoms with Gasteiger partial charge in [0.15, 0.2) is 18.9 Å². The largest absolute Gasteiger partial charge is 0.394 e. The zero-order chi connectivity index (χ0) is 52.7. The molecule has 0 aromatic carbocycles. The Morgan fingerprint density at radius 2 is 0.792 bits per heavy atom. The van der Waals surface area contributed by atoms with Crippen LogP contribution in [0, 0.1) is 0 Å². The van der Waals surface area contributed by atoms with Crippen molar-refractivity contribution >= 4 is 5.91 Å². The molecule has 0 aromatic heterocycles. The number of aliphatic hydroxyl groups excluding tert-OH is 11. The lowest BCUT2D eigenvalue weighted by Gasteiger charge is -2.48. The van der Waals surface area contributed by atoms with E-state index < -0.39 is 124 Å². The van der Waals surface area contributed by atoms with Crippen LogP contribution in [0.25, 0.3) is 0 Å². The molecule has 19 nitrogen and oxygen atoms in total. The average molecular weight is 1040 g/mol. The van der Waals surface area contributed by atoms with Crippen molar-refractivity contribution in [3.63, 3.8) is 0 Å². The van der Waals surface area contributed by atoms with Gasteiger partial charge >= 0.3 is 0 Å². The van der Waals surface area contributed by atoms with Crippen LogP contribution in [-0.2, 0) is 33.2 Å². The maximum Gasteiger partial charge on any atom is 0.220 e. The highest BCUT2D eigenvalue weighted by molar-refractivity contribution is 5.76. The molecule has 0 aromatic rings. The monoisotopic (exact) mass is 1040 g/mol. The third kappa shape index (κ3) is 23.2. The summed E-state index contributed by atoms with van der Waals surface area (Å²) >= 11 is 0. The van der Waals surface area contributed by atoms with E-state index in [1.807, 2.05) is 0 Å². The number of nitrogens with one attached hydrogen (secondary N) is 1. The van der Waals surface area contributed by atoms with Crippen LogP contribution in [0.5, 0.6) is 0 Å². The maximum absolute atomic E-state index is 13.2. The summed E-state index contributed by atoms with van der Waals surface area (Å²) in [7, 11) is 0. The number of ether oxygens (including phenoxy) is 6. The Balaban J connectivity index is 1.47. The first-order valence-corrected chi connectivity index (χ1v) is 28.3. The van der Waals surface area contributed by atoms with E-state index in [1.165, 1.54) is 109 Å². The van der Waals surface area contributed by atoms with Crippen molar-refractivity contribution in [1.82, 2.24) is 5.32 Å². The van der Waals surface area contributed by atoms with Crippen LogP contribution >= 0.6 is 0 Å². The first kappa shape index (κ1) is 65.1. The van der Waals surface area contributed by atoms with Gasteiger partial charge in [-0.2, -0.15) is 0 Å². The van der Waals surface area contributed by atoms with Gasteiger partial charge in [-0.25, -0.2) is 0 Å². The number of amides is 1. The van der Waals surface area contributed by atoms with Crippen LogP contribution in [-0.4, -0.2) is 193 Å². The second-order valence-corrected chi connectivity index (χ2v) is 20.8. The number of hydrogen-bond acceptors (Lipinski definition) is 18. The SMILES string of the molecule is CCCCCCCCCCCCCCCCCCCCCCC(O)C(COC1OC(CO)C(OC2OC(CO)C(OC3OC(CO)C(O)C(O)C3O)C(O)C2O)C(O)C1O)NC(=O)CCCCCCCCC. The smallest absolute Gasteiger partial charge is 0.220 e. The molecule has 3 saturated heterocycles. The molecule has 426 valence electrons. The molecule has 12 N–H and O–H groups in total. The fourth-order valence-electron chi connectivity index (χ4n) is 9.96. The van der Waals surface area contributed by atoms with Crippen molar-refractivity contribution in [2.45, 2.75) is 304 Å². The predicted molar refractivity (Wildman–Crippen MR) is 268 cm³/mol. The average Bonchev–Trinajstić information content (AvgIpc) is 3.37. The van der Waals surface area contributed by atoms with Gasteiger partial charge in [0.25, 0.3) is 0 Å². The van der Waals surface area contributed by atoms with Gasteiger partial charge in [0.05, 0.1) is 38.6 Å². The van der Waals surface area contributed by atoms with Gasteiger partial charge in [-0.15, -0.1) is 0 Å². The van der Waals surface area contributed by atoms with Crippen LogP contribution in [0.15, 0.2) is 0 Å². The molecule has 0 aliphatic carbocycles. The van der Waals surface area contributed by atoms with Crippen LogP contribution in [0.1, 0.15) is 200 Å². The summed E-state index contributed by atoms with van der Waals surface area (Å²) in [6.07, 6.45) is 6.63. The number of aliphatic hydroxyl groups is 11. The van der Waals surface area contributed by atoms with E-state index in [-0.39, 0.29) is 18.9 Å². The first-order valence-electron chi connectivity index (χ1n) is 28.3. The zero-order valence-electron chi connectivity index (χ0n) is 43.9. The van der Waals surface area contributed by atoms with Gasteiger partial charge in [-0.1, -0.05) is 181 Å². The standard InChI is InChI=1S/C53H101NO18/c1-3-5-7-9-11-12-13-14-15-16-17-18-19-20-21-22-23-25-26-28-30-37(58)36(54-41(59)31-29-27-24-10-8-6-4-2)35-67-51-47(65)44(62)49(39(33-56)69-51)72-53-48(66)45(63)50(40(34-57)70-53)71-52-46(64)43(61)42(60)38(32-55)68-52/h36-40,42-53,55-58,60-66H,3-35H2,1-2H3,(H,54,59). The number of carbonyl (C=O) groups excluding carboxylic acids is 1. The van der Waals surface area contributed by atoms with Crippen molar-refractivity contribution in [3.8, 4) is 0 Å². The molecule has 0 bridgehead atoms. The minimum Gasteiger partial charge on any atom is -0.394 e. The summed E-state index contributed by atoms with van der Waals surface area (Å²) in [6.45, 7) is 1.73. The fourth-order valence-corrected chi connectivity index (χ4v) is 9.96. The summed E-state index contributed by atoms with van der Waals surface area (Å²) in [5.74, 6) is -0.248. The van der Waals surface area contributed by atoms with Gasteiger partial charge in [-0.05, 0) is 12.8 Å². The maximum atomic E-state index is 13.2. The molecule has 0 saturated carbocycles. The van der Waals surface area contributed by atoms with E-state index >= 15 is 0 Å². The van der Waals surface area contributed by atoms with Crippen molar-refractivity contribution in [2.24, 2.45) is 0 Å². The minimum atomic E-state index is -1.97. The number of carbonyl (C=O) groups is 1. The Morgan fingerprint density at radius 3 is 1.21 bits per heavy atom. The molecular weight excluding hydrogens is 939 g/mol. The van der Waals surface area contributed by atoms with Crippen molar-refractivity contribution in [2.75, 3.05) is 26.4 Å². The first-order chi connectivity index (χ1) is 34.8. The lowest BCUT2D eigenvalue weighted by molar-refractivity contribution is -0.379. The second-order valence-electron chi connectivity index (χ2n) is 20.8. The van der Waals surface area contributed by atoms with E-state index in [1.54, 1.807) is 0 Å². The Labute approximate surface area is 430 Å². The topological polar surface area (TPSA) is 307 Å². The Bertz CT molecular complexity index is 1340.